The van der Waals surface area contributed by atoms with Crippen molar-refractivity contribution in [2.45, 2.75) is 91.4 Å². The standard InChI is InChI=1S/C18H36/c1-5-7-8-9-10-11-12-14-18(4)16-13-15-17(3)6-2/h5,17-18H,1,6-16H2,2-4H3/t17-,18+/m0/s1. The SMILES string of the molecule is C=CCCCCCCC[C@@H](C)CCC[C@@H](C)CC. The zero-order chi connectivity index (χ0) is 13.6. The van der Waals surface area contributed by atoms with Crippen molar-refractivity contribution in [3.05, 3.63) is 12.7 Å². The van der Waals surface area contributed by atoms with Crippen LogP contribution in [0.15, 0.2) is 12.7 Å². The second kappa shape index (κ2) is 13.2. The van der Waals surface area contributed by atoms with Crippen LogP contribution in [0, 0.1) is 11.8 Å². The maximum Gasteiger partial charge on any atom is -0.0353 e. The summed E-state index contributed by atoms with van der Waals surface area (Å²) < 4.78 is 0. The van der Waals surface area contributed by atoms with Gasteiger partial charge >= 0.3 is 0 Å². The average Bonchev–Trinajstić information content (AvgIpc) is 2.37. The Morgan fingerprint density at radius 2 is 1.33 bits per heavy atom. The van der Waals surface area contributed by atoms with Gasteiger partial charge in [0, 0.05) is 0 Å². The van der Waals surface area contributed by atoms with Gasteiger partial charge in [0.15, 0.2) is 0 Å². The second-order valence-corrected chi connectivity index (χ2v) is 6.18. The first kappa shape index (κ1) is 17.7. The van der Waals surface area contributed by atoms with Crippen molar-refractivity contribution < 1.29 is 0 Å². The van der Waals surface area contributed by atoms with Crippen molar-refractivity contribution in [1.29, 1.82) is 0 Å². The van der Waals surface area contributed by atoms with E-state index in [1.165, 1.54) is 70.6 Å². The van der Waals surface area contributed by atoms with Gasteiger partial charge in [-0.1, -0.05) is 84.6 Å². The van der Waals surface area contributed by atoms with Gasteiger partial charge in [-0.2, -0.15) is 0 Å². The molecular formula is C18H36. The molecule has 0 amide bonds. The molecule has 0 aromatic carbocycles. The van der Waals surface area contributed by atoms with Crippen LogP contribution in [0.5, 0.6) is 0 Å². The summed E-state index contributed by atoms with van der Waals surface area (Å²) in [5, 5.41) is 0. The summed E-state index contributed by atoms with van der Waals surface area (Å²) in [6, 6.07) is 0. The first-order valence-electron chi connectivity index (χ1n) is 8.31. The van der Waals surface area contributed by atoms with E-state index in [4.69, 9.17) is 0 Å². The Morgan fingerprint density at radius 1 is 0.778 bits per heavy atom. The zero-order valence-corrected chi connectivity index (χ0v) is 13.2. The van der Waals surface area contributed by atoms with E-state index in [0.29, 0.717) is 0 Å². The summed E-state index contributed by atoms with van der Waals surface area (Å²) in [4.78, 5) is 0. The topological polar surface area (TPSA) is 0 Å². The van der Waals surface area contributed by atoms with E-state index >= 15 is 0 Å². The first-order valence-corrected chi connectivity index (χ1v) is 8.31. The molecule has 0 radical (unpaired) electrons. The largest absolute Gasteiger partial charge is 0.103 e. The smallest absolute Gasteiger partial charge is 0.0353 e. The molecule has 0 aromatic rings. The van der Waals surface area contributed by atoms with E-state index in [2.05, 4.69) is 27.4 Å². The lowest BCUT2D eigenvalue weighted by molar-refractivity contribution is 0.405. The summed E-state index contributed by atoms with van der Waals surface area (Å²) in [6.45, 7) is 10.9. The van der Waals surface area contributed by atoms with Gasteiger partial charge in [-0.3, -0.25) is 0 Å². The highest BCUT2D eigenvalue weighted by atomic mass is 14.1. The van der Waals surface area contributed by atoms with Gasteiger partial charge in [0.1, 0.15) is 0 Å². The molecular weight excluding hydrogens is 216 g/mol. The highest BCUT2D eigenvalue weighted by Gasteiger charge is 2.04. The Hall–Kier alpha value is -0.260. The van der Waals surface area contributed by atoms with Gasteiger partial charge in [-0.15, -0.1) is 6.58 Å². The molecule has 18 heavy (non-hydrogen) atoms. The lowest BCUT2D eigenvalue weighted by Crippen LogP contribution is -1.98. The third-order valence-corrected chi connectivity index (χ3v) is 4.20. The minimum absolute atomic E-state index is 0.932. The fraction of sp³-hybridized carbons (Fsp3) is 0.889. The summed E-state index contributed by atoms with van der Waals surface area (Å²) in [5.74, 6) is 1.88. The highest BCUT2D eigenvalue weighted by Crippen LogP contribution is 2.19. The Labute approximate surface area is 116 Å². The Balaban J connectivity index is 3.21. The Kier molecular flexibility index (Phi) is 13.0. The number of unbranched alkanes of at least 4 members (excludes halogenated alkanes) is 5. The lowest BCUT2D eigenvalue weighted by Gasteiger charge is -2.13. The van der Waals surface area contributed by atoms with Gasteiger partial charge in [0.25, 0.3) is 0 Å². The highest BCUT2D eigenvalue weighted by molar-refractivity contribution is 4.65. The molecule has 0 aliphatic rings. The minimum Gasteiger partial charge on any atom is -0.103 e. The molecule has 0 rings (SSSR count). The molecule has 0 fully saturated rings. The van der Waals surface area contributed by atoms with Gasteiger partial charge in [0.05, 0.1) is 0 Å². The second-order valence-electron chi connectivity index (χ2n) is 6.18. The van der Waals surface area contributed by atoms with E-state index in [-0.39, 0.29) is 0 Å². The molecule has 0 saturated heterocycles. The Bertz CT molecular complexity index is 171. The van der Waals surface area contributed by atoms with E-state index in [0.717, 1.165) is 11.8 Å². The van der Waals surface area contributed by atoms with Crippen LogP contribution in [-0.4, -0.2) is 0 Å². The normalized spacial score (nSPS) is 14.4. The molecule has 0 aliphatic heterocycles. The molecule has 0 saturated carbocycles. The monoisotopic (exact) mass is 252 g/mol. The van der Waals surface area contributed by atoms with Crippen LogP contribution in [0.2, 0.25) is 0 Å². The third kappa shape index (κ3) is 12.2. The predicted molar refractivity (Wildman–Crippen MR) is 85.0 cm³/mol. The molecule has 0 unspecified atom stereocenters. The van der Waals surface area contributed by atoms with Crippen LogP contribution < -0.4 is 0 Å². The van der Waals surface area contributed by atoms with Crippen LogP contribution in [0.25, 0.3) is 0 Å². The van der Waals surface area contributed by atoms with Crippen molar-refractivity contribution >= 4 is 0 Å². The molecule has 0 spiro atoms. The molecule has 0 heterocycles. The van der Waals surface area contributed by atoms with Gasteiger partial charge in [-0.25, -0.2) is 0 Å². The Morgan fingerprint density at radius 3 is 2.00 bits per heavy atom. The summed E-state index contributed by atoms with van der Waals surface area (Å²) in [7, 11) is 0. The van der Waals surface area contributed by atoms with Crippen molar-refractivity contribution in [2.75, 3.05) is 0 Å². The minimum atomic E-state index is 0.932. The van der Waals surface area contributed by atoms with Crippen molar-refractivity contribution in [3.63, 3.8) is 0 Å². The van der Waals surface area contributed by atoms with Gasteiger partial charge < -0.3 is 0 Å². The quantitative estimate of drug-likeness (QED) is 0.251. The maximum absolute atomic E-state index is 3.76. The first-order chi connectivity index (χ1) is 8.70. The molecule has 0 aliphatic carbocycles. The molecule has 0 nitrogen and oxygen atoms in total. The van der Waals surface area contributed by atoms with Crippen molar-refractivity contribution in [1.82, 2.24) is 0 Å². The fourth-order valence-corrected chi connectivity index (χ4v) is 2.48. The summed E-state index contributed by atoms with van der Waals surface area (Å²) in [6.07, 6.45) is 17.4. The molecule has 0 bridgehead atoms. The van der Waals surface area contributed by atoms with Crippen molar-refractivity contribution in [2.24, 2.45) is 11.8 Å². The van der Waals surface area contributed by atoms with E-state index in [9.17, 15) is 0 Å². The molecule has 0 aromatic heterocycles. The molecule has 108 valence electrons. The van der Waals surface area contributed by atoms with Crippen LogP contribution in [-0.2, 0) is 0 Å². The van der Waals surface area contributed by atoms with Crippen LogP contribution in [0.1, 0.15) is 91.4 Å². The van der Waals surface area contributed by atoms with E-state index in [1.807, 2.05) is 6.08 Å². The lowest BCUT2D eigenvalue weighted by atomic mass is 9.93. The number of allylic oxidation sites excluding steroid dienone is 1. The molecule has 0 N–H and O–H groups in total. The molecule has 0 heteroatoms. The average molecular weight is 252 g/mol. The summed E-state index contributed by atoms with van der Waals surface area (Å²) in [5.41, 5.74) is 0. The van der Waals surface area contributed by atoms with Crippen LogP contribution in [0.3, 0.4) is 0 Å². The zero-order valence-electron chi connectivity index (χ0n) is 13.2. The molecule has 2 atom stereocenters. The number of hydrogen-bond donors (Lipinski definition) is 0. The van der Waals surface area contributed by atoms with Crippen LogP contribution >= 0.6 is 0 Å². The summed E-state index contributed by atoms with van der Waals surface area (Å²) >= 11 is 0. The van der Waals surface area contributed by atoms with Crippen molar-refractivity contribution in [3.8, 4) is 0 Å². The number of rotatable bonds is 13. The fourth-order valence-electron chi connectivity index (χ4n) is 2.48. The third-order valence-electron chi connectivity index (χ3n) is 4.20. The van der Waals surface area contributed by atoms with Gasteiger partial charge in [-0.05, 0) is 24.7 Å². The van der Waals surface area contributed by atoms with Gasteiger partial charge in [0.2, 0.25) is 0 Å². The maximum atomic E-state index is 3.76. The van der Waals surface area contributed by atoms with E-state index < -0.39 is 0 Å². The number of hydrogen-bond acceptors (Lipinski definition) is 0. The van der Waals surface area contributed by atoms with Crippen LogP contribution in [0.4, 0.5) is 0 Å². The predicted octanol–water partition coefficient (Wildman–Crippen LogP) is 6.76. The van der Waals surface area contributed by atoms with E-state index in [1.54, 1.807) is 0 Å².